The van der Waals surface area contributed by atoms with Gasteiger partial charge in [0.05, 0.1) is 17.3 Å². The summed E-state index contributed by atoms with van der Waals surface area (Å²) in [5, 5.41) is 0.703. The monoisotopic (exact) mass is 368 g/mol. The minimum absolute atomic E-state index is 0.201. The largest absolute Gasteiger partial charge is 0.476 e. The molecule has 21 heavy (non-hydrogen) atoms. The zero-order valence-electron chi connectivity index (χ0n) is 11.8. The van der Waals surface area contributed by atoms with Crippen molar-refractivity contribution in [2.75, 3.05) is 31.5 Å². The third kappa shape index (κ3) is 7.47. The average molecular weight is 369 g/mol. The highest BCUT2D eigenvalue weighted by molar-refractivity contribution is 8.35. The van der Waals surface area contributed by atoms with Crippen molar-refractivity contribution in [3.05, 3.63) is 0 Å². The molecule has 4 nitrogen and oxygen atoms in total. The van der Waals surface area contributed by atoms with Crippen LogP contribution in [0.15, 0.2) is 0 Å². The molecule has 0 radical (unpaired) electrons. The summed E-state index contributed by atoms with van der Waals surface area (Å²) in [5.41, 5.74) is 0. The summed E-state index contributed by atoms with van der Waals surface area (Å²) in [7, 11) is 0. The van der Waals surface area contributed by atoms with Crippen LogP contribution in [0.3, 0.4) is 0 Å². The first-order chi connectivity index (χ1) is 10.2. The molecular formula is C13H20O4S4. The minimum Gasteiger partial charge on any atom is -0.476 e. The molecule has 0 amide bonds. The Morgan fingerprint density at radius 1 is 0.905 bits per heavy atom. The summed E-state index contributed by atoms with van der Waals surface area (Å²) in [6, 6.07) is 0. The molecule has 0 N–H and O–H groups in total. The lowest BCUT2D eigenvalue weighted by Crippen LogP contribution is -2.16. The van der Waals surface area contributed by atoms with Crippen LogP contribution in [0.4, 0.5) is 0 Å². The van der Waals surface area contributed by atoms with Crippen LogP contribution < -0.4 is 0 Å². The van der Waals surface area contributed by atoms with E-state index in [0.29, 0.717) is 27.1 Å². The first-order valence-corrected chi connectivity index (χ1v) is 9.85. The Bertz CT molecular complexity index is 309. The molecule has 0 aromatic carbocycles. The van der Waals surface area contributed by atoms with Crippen LogP contribution in [0.5, 0.6) is 0 Å². The van der Waals surface area contributed by atoms with E-state index in [2.05, 4.69) is 0 Å². The Kier molecular flexibility index (Phi) is 8.64. The van der Waals surface area contributed by atoms with Crippen molar-refractivity contribution in [2.24, 2.45) is 0 Å². The second-order valence-electron chi connectivity index (χ2n) is 4.80. The Morgan fingerprint density at radius 3 is 1.76 bits per heavy atom. The van der Waals surface area contributed by atoms with Gasteiger partial charge < -0.3 is 18.9 Å². The number of hydrogen-bond acceptors (Lipinski definition) is 8. The summed E-state index contributed by atoms with van der Waals surface area (Å²) in [4.78, 5) is 0. The van der Waals surface area contributed by atoms with Crippen LogP contribution in [-0.2, 0) is 18.9 Å². The molecule has 2 aliphatic rings. The fourth-order valence-electron chi connectivity index (χ4n) is 2.08. The van der Waals surface area contributed by atoms with Crippen LogP contribution >= 0.6 is 48.0 Å². The Morgan fingerprint density at radius 2 is 1.38 bits per heavy atom. The summed E-state index contributed by atoms with van der Waals surface area (Å²) >= 11 is 13.2. The summed E-state index contributed by atoms with van der Waals surface area (Å²) in [6.45, 7) is 2.77. The number of ether oxygens (including phenoxy) is 4. The second-order valence-corrected chi connectivity index (χ2v) is 8.32. The van der Waals surface area contributed by atoms with E-state index in [1.807, 2.05) is 0 Å². The van der Waals surface area contributed by atoms with Gasteiger partial charge in [-0.25, -0.2) is 0 Å². The van der Waals surface area contributed by atoms with Crippen LogP contribution in [0.2, 0.25) is 0 Å². The smallest absolute Gasteiger partial charge is 0.220 e. The van der Waals surface area contributed by atoms with Crippen molar-refractivity contribution in [1.82, 2.24) is 0 Å². The van der Waals surface area contributed by atoms with E-state index in [0.717, 1.165) is 38.9 Å². The summed E-state index contributed by atoms with van der Waals surface area (Å²) < 4.78 is 23.0. The lowest BCUT2D eigenvalue weighted by atomic mass is 10.2. The molecule has 2 unspecified atom stereocenters. The second kappa shape index (κ2) is 10.2. The van der Waals surface area contributed by atoms with Crippen molar-refractivity contribution in [3.8, 4) is 0 Å². The van der Waals surface area contributed by atoms with Crippen LogP contribution in [-0.4, -0.2) is 52.5 Å². The summed E-state index contributed by atoms with van der Waals surface area (Å²) in [6.07, 6.45) is 4.74. The molecule has 2 rings (SSSR count). The minimum atomic E-state index is 0.201. The van der Waals surface area contributed by atoms with E-state index < -0.39 is 0 Å². The predicted octanol–water partition coefficient (Wildman–Crippen LogP) is 3.37. The molecule has 0 bridgehead atoms. The van der Waals surface area contributed by atoms with E-state index in [1.54, 1.807) is 0 Å². The van der Waals surface area contributed by atoms with E-state index >= 15 is 0 Å². The molecule has 0 saturated carbocycles. The molecule has 0 spiro atoms. The van der Waals surface area contributed by atoms with Crippen molar-refractivity contribution in [1.29, 1.82) is 0 Å². The van der Waals surface area contributed by atoms with Gasteiger partial charge in [-0.1, -0.05) is 23.5 Å². The molecule has 2 heterocycles. The predicted molar refractivity (Wildman–Crippen MR) is 95.1 cm³/mol. The van der Waals surface area contributed by atoms with Gasteiger partial charge in [0.15, 0.2) is 0 Å². The quantitative estimate of drug-likeness (QED) is 0.522. The van der Waals surface area contributed by atoms with Gasteiger partial charge in [0.2, 0.25) is 8.77 Å². The molecule has 8 heteroatoms. The number of thiocarbonyl (C=S) groups is 2. The fourth-order valence-corrected chi connectivity index (χ4v) is 4.39. The van der Waals surface area contributed by atoms with Crippen molar-refractivity contribution in [3.63, 3.8) is 0 Å². The SMILES string of the molecule is S=C(OCC1CCCO1)SCSC(=S)OCC1CCCO1. The van der Waals surface area contributed by atoms with Crippen LogP contribution in [0.25, 0.3) is 0 Å². The Balaban J connectivity index is 1.45. The Labute approximate surface area is 145 Å². The molecule has 0 aromatic heterocycles. The maximum absolute atomic E-state index is 5.50. The van der Waals surface area contributed by atoms with Crippen LogP contribution in [0, 0.1) is 0 Å². The molecule has 2 fully saturated rings. The number of hydrogen-bond donors (Lipinski definition) is 0. The van der Waals surface area contributed by atoms with Gasteiger partial charge in [-0.15, -0.1) is 0 Å². The van der Waals surface area contributed by atoms with E-state index in [-0.39, 0.29) is 12.2 Å². The van der Waals surface area contributed by atoms with E-state index in [4.69, 9.17) is 43.4 Å². The topological polar surface area (TPSA) is 36.9 Å². The third-order valence-corrected chi connectivity index (χ3v) is 5.77. The highest BCUT2D eigenvalue weighted by atomic mass is 32.2. The number of rotatable bonds is 6. The van der Waals surface area contributed by atoms with Gasteiger partial charge in [-0.2, -0.15) is 0 Å². The van der Waals surface area contributed by atoms with Gasteiger partial charge in [-0.05, 0) is 50.1 Å². The van der Waals surface area contributed by atoms with Gasteiger partial charge >= 0.3 is 0 Å². The van der Waals surface area contributed by atoms with Gasteiger partial charge in [0.25, 0.3) is 0 Å². The van der Waals surface area contributed by atoms with Crippen LogP contribution in [0.1, 0.15) is 25.7 Å². The van der Waals surface area contributed by atoms with Crippen molar-refractivity contribution < 1.29 is 18.9 Å². The van der Waals surface area contributed by atoms with Gasteiger partial charge in [0.1, 0.15) is 13.2 Å². The summed E-state index contributed by atoms with van der Waals surface area (Å²) in [5.74, 6) is 0. The maximum atomic E-state index is 5.50. The standard InChI is InChI=1S/C13H20O4S4/c18-12(16-7-10-3-1-5-14-10)20-9-21-13(19)17-8-11-4-2-6-15-11/h10-11H,1-9H2. The lowest BCUT2D eigenvalue weighted by molar-refractivity contribution is 0.0666. The molecule has 0 aromatic rings. The van der Waals surface area contributed by atoms with E-state index in [9.17, 15) is 0 Å². The Hall–Kier alpha value is 0.400. The molecule has 2 saturated heterocycles. The normalized spacial score (nSPS) is 25.0. The maximum Gasteiger partial charge on any atom is 0.220 e. The van der Waals surface area contributed by atoms with Crippen molar-refractivity contribution in [2.45, 2.75) is 37.9 Å². The number of thioether (sulfide) groups is 2. The highest BCUT2D eigenvalue weighted by Crippen LogP contribution is 2.20. The van der Waals surface area contributed by atoms with E-state index in [1.165, 1.54) is 23.5 Å². The highest BCUT2D eigenvalue weighted by Gasteiger charge is 2.18. The first kappa shape index (κ1) is 17.7. The van der Waals surface area contributed by atoms with Crippen molar-refractivity contribution >= 4 is 56.7 Å². The molecule has 2 aliphatic heterocycles. The molecule has 2 atom stereocenters. The lowest BCUT2D eigenvalue weighted by Gasteiger charge is -2.12. The molecule has 0 aliphatic carbocycles. The molecular weight excluding hydrogens is 348 g/mol. The average Bonchev–Trinajstić information content (AvgIpc) is 3.16. The van der Waals surface area contributed by atoms with Gasteiger partial charge in [0, 0.05) is 13.2 Å². The third-order valence-electron chi connectivity index (χ3n) is 3.18. The zero-order valence-corrected chi connectivity index (χ0v) is 15.1. The molecule has 120 valence electrons. The zero-order chi connectivity index (χ0) is 14.9. The first-order valence-electron chi connectivity index (χ1n) is 7.06. The van der Waals surface area contributed by atoms with Gasteiger partial charge in [-0.3, -0.25) is 0 Å². The fraction of sp³-hybridized carbons (Fsp3) is 0.846.